The number of H-pyrrole nitrogens is 1. The van der Waals surface area contributed by atoms with Gasteiger partial charge in [0.2, 0.25) is 5.91 Å². The number of pyridine rings is 1. The van der Waals surface area contributed by atoms with Crippen molar-refractivity contribution in [2.75, 3.05) is 6.54 Å². The van der Waals surface area contributed by atoms with E-state index in [9.17, 15) is 9.90 Å². The molecule has 0 radical (unpaired) electrons. The molecule has 0 unspecified atom stereocenters. The highest BCUT2D eigenvalue weighted by Gasteiger charge is 2.12. The fourth-order valence-electron chi connectivity index (χ4n) is 2.19. The first-order valence-corrected chi connectivity index (χ1v) is 7.56. The number of aromatic amines is 1. The van der Waals surface area contributed by atoms with E-state index in [0.29, 0.717) is 0 Å². The highest BCUT2D eigenvalue weighted by Crippen LogP contribution is 2.17. The molecule has 3 rings (SSSR count). The number of fused-ring (bicyclic) bond motifs is 1. The van der Waals surface area contributed by atoms with Gasteiger partial charge in [-0.3, -0.25) is 4.79 Å². The number of nitrogens with zero attached hydrogens (tertiary/aromatic N) is 1. The molecular weight excluding hydrogens is 286 g/mol. The van der Waals surface area contributed by atoms with Crippen LogP contribution in [0, 0.1) is 0 Å². The van der Waals surface area contributed by atoms with Gasteiger partial charge in [0.25, 0.3) is 0 Å². The minimum atomic E-state index is -0.662. The summed E-state index contributed by atoms with van der Waals surface area (Å²) in [6.07, 6.45) is 3.11. The molecule has 0 aliphatic carbocycles. The number of amides is 1. The van der Waals surface area contributed by atoms with E-state index in [1.807, 2.05) is 29.0 Å². The minimum Gasteiger partial charge on any atom is -0.387 e. The van der Waals surface area contributed by atoms with Crippen molar-refractivity contribution in [1.82, 2.24) is 15.3 Å². The molecule has 5 nitrogen and oxygen atoms in total. The van der Waals surface area contributed by atoms with Crippen LogP contribution in [0.2, 0.25) is 0 Å². The molecule has 0 saturated carbocycles. The molecule has 3 aromatic rings. The molecule has 3 heterocycles. The Morgan fingerprint density at radius 1 is 1.48 bits per heavy atom. The van der Waals surface area contributed by atoms with Crippen LogP contribution in [0.25, 0.3) is 11.0 Å². The van der Waals surface area contributed by atoms with Crippen LogP contribution in [0.3, 0.4) is 0 Å². The second-order valence-electron chi connectivity index (χ2n) is 4.77. The molecule has 21 heavy (non-hydrogen) atoms. The van der Waals surface area contributed by atoms with E-state index in [1.165, 1.54) is 11.3 Å². The average Bonchev–Trinajstić information content (AvgIpc) is 3.15. The third kappa shape index (κ3) is 3.12. The summed E-state index contributed by atoms with van der Waals surface area (Å²) in [6.45, 7) is 0.218. The zero-order chi connectivity index (χ0) is 14.7. The standard InChI is InChI=1S/C15H15N3O2S/c19-13(10-3-5-21-9-10)8-17-14(20)6-11-7-18-15-12(11)2-1-4-16-15/h1-5,7,9,13,19H,6,8H2,(H,16,18)(H,17,20)/t13-/m1/s1. The Balaban J connectivity index is 1.59. The summed E-state index contributed by atoms with van der Waals surface area (Å²) in [5, 5.41) is 17.4. The van der Waals surface area contributed by atoms with Crippen molar-refractivity contribution in [3.63, 3.8) is 0 Å². The second-order valence-corrected chi connectivity index (χ2v) is 5.55. The summed E-state index contributed by atoms with van der Waals surface area (Å²) in [4.78, 5) is 19.2. The van der Waals surface area contributed by atoms with Crippen LogP contribution in [-0.4, -0.2) is 27.5 Å². The molecule has 0 aliphatic heterocycles. The Bertz CT molecular complexity index is 736. The molecule has 1 amide bonds. The van der Waals surface area contributed by atoms with E-state index in [1.54, 1.807) is 12.4 Å². The smallest absolute Gasteiger partial charge is 0.224 e. The van der Waals surface area contributed by atoms with E-state index >= 15 is 0 Å². The van der Waals surface area contributed by atoms with E-state index < -0.39 is 6.10 Å². The van der Waals surface area contributed by atoms with Crippen molar-refractivity contribution in [2.45, 2.75) is 12.5 Å². The quantitative estimate of drug-likeness (QED) is 0.674. The lowest BCUT2D eigenvalue weighted by molar-refractivity contribution is -0.120. The molecule has 6 heteroatoms. The van der Waals surface area contributed by atoms with Gasteiger partial charge in [0.05, 0.1) is 12.5 Å². The maximum atomic E-state index is 12.0. The first kappa shape index (κ1) is 13.8. The number of aromatic nitrogens is 2. The lowest BCUT2D eigenvalue weighted by Crippen LogP contribution is -2.29. The Morgan fingerprint density at radius 2 is 2.38 bits per heavy atom. The molecular formula is C15H15N3O2S. The van der Waals surface area contributed by atoms with Gasteiger partial charge in [-0.2, -0.15) is 11.3 Å². The highest BCUT2D eigenvalue weighted by molar-refractivity contribution is 7.07. The van der Waals surface area contributed by atoms with Gasteiger partial charge in [-0.05, 0) is 40.1 Å². The van der Waals surface area contributed by atoms with E-state index in [0.717, 1.165) is 22.2 Å². The largest absolute Gasteiger partial charge is 0.387 e. The molecule has 0 fully saturated rings. The predicted molar refractivity (Wildman–Crippen MR) is 82.1 cm³/mol. The minimum absolute atomic E-state index is 0.117. The van der Waals surface area contributed by atoms with E-state index in [-0.39, 0.29) is 18.9 Å². The maximum Gasteiger partial charge on any atom is 0.224 e. The molecule has 0 aliphatic rings. The van der Waals surface area contributed by atoms with Crippen molar-refractivity contribution in [3.05, 3.63) is 52.5 Å². The molecule has 1 atom stereocenters. The monoisotopic (exact) mass is 301 g/mol. The number of carbonyl (C=O) groups excluding carboxylic acids is 1. The number of thiophene rings is 1. The summed E-state index contributed by atoms with van der Waals surface area (Å²) in [7, 11) is 0. The highest BCUT2D eigenvalue weighted by atomic mass is 32.1. The fraction of sp³-hybridized carbons (Fsp3) is 0.200. The lowest BCUT2D eigenvalue weighted by Gasteiger charge is -2.10. The summed E-state index contributed by atoms with van der Waals surface area (Å²) in [6, 6.07) is 5.63. The fourth-order valence-corrected chi connectivity index (χ4v) is 2.89. The van der Waals surface area contributed by atoms with Crippen molar-refractivity contribution in [1.29, 1.82) is 0 Å². The summed E-state index contributed by atoms with van der Waals surface area (Å²) >= 11 is 1.52. The van der Waals surface area contributed by atoms with Gasteiger partial charge >= 0.3 is 0 Å². The van der Waals surface area contributed by atoms with E-state index in [4.69, 9.17) is 0 Å². The molecule has 0 saturated heterocycles. The number of rotatable bonds is 5. The Kier molecular flexibility index (Phi) is 3.98. The van der Waals surface area contributed by atoms with Crippen molar-refractivity contribution < 1.29 is 9.90 Å². The van der Waals surface area contributed by atoms with Crippen LogP contribution in [0.5, 0.6) is 0 Å². The number of hydrogen-bond acceptors (Lipinski definition) is 4. The Morgan fingerprint density at radius 3 is 3.19 bits per heavy atom. The third-order valence-electron chi connectivity index (χ3n) is 3.31. The number of aliphatic hydroxyl groups is 1. The molecule has 0 spiro atoms. The third-order valence-corrected chi connectivity index (χ3v) is 4.01. The van der Waals surface area contributed by atoms with Gasteiger partial charge in [0.1, 0.15) is 5.65 Å². The number of aliphatic hydroxyl groups excluding tert-OH is 1. The Hall–Kier alpha value is -2.18. The zero-order valence-electron chi connectivity index (χ0n) is 11.2. The molecule has 108 valence electrons. The SMILES string of the molecule is O=C(Cc1c[nH]c2ncccc12)NC[C@@H](O)c1ccsc1. The Labute approximate surface area is 125 Å². The van der Waals surface area contributed by atoms with Crippen LogP contribution in [-0.2, 0) is 11.2 Å². The number of hydrogen-bond donors (Lipinski definition) is 3. The van der Waals surface area contributed by atoms with Gasteiger partial charge in [-0.15, -0.1) is 0 Å². The maximum absolute atomic E-state index is 12.0. The zero-order valence-corrected chi connectivity index (χ0v) is 12.1. The predicted octanol–water partition coefficient (Wildman–Crippen LogP) is 2.02. The number of nitrogens with one attached hydrogen (secondary N) is 2. The first-order valence-electron chi connectivity index (χ1n) is 6.62. The number of carbonyl (C=O) groups is 1. The van der Waals surface area contributed by atoms with Gasteiger partial charge in [0.15, 0.2) is 0 Å². The van der Waals surface area contributed by atoms with Crippen molar-refractivity contribution in [2.24, 2.45) is 0 Å². The van der Waals surface area contributed by atoms with Gasteiger partial charge in [-0.25, -0.2) is 4.98 Å². The normalized spacial score (nSPS) is 12.4. The van der Waals surface area contributed by atoms with Crippen LogP contribution < -0.4 is 5.32 Å². The van der Waals surface area contributed by atoms with Crippen LogP contribution in [0.4, 0.5) is 0 Å². The molecule has 3 aromatic heterocycles. The van der Waals surface area contributed by atoms with E-state index in [2.05, 4.69) is 15.3 Å². The molecule has 3 N–H and O–H groups in total. The summed E-state index contributed by atoms with van der Waals surface area (Å²) < 4.78 is 0. The van der Waals surface area contributed by atoms with Crippen molar-refractivity contribution >= 4 is 28.3 Å². The van der Waals surface area contributed by atoms with Gasteiger partial charge in [-0.1, -0.05) is 0 Å². The average molecular weight is 301 g/mol. The second kappa shape index (κ2) is 6.07. The summed E-state index contributed by atoms with van der Waals surface area (Å²) in [5.41, 5.74) is 2.51. The first-order chi connectivity index (χ1) is 10.2. The molecule has 0 bridgehead atoms. The summed E-state index contributed by atoms with van der Waals surface area (Å²) in [5.74, 6) is -0.117. The van der Waals surface area contributed by atoms with Crippen LogP contribution in [0.1, 0.15) is 17.2 Å². The van der Waals surface area contributed by atoms with Crippen LogP contribution in [0.15, 0.2) is 41.4 Å². The van der Waals surface area contributed by atoms with Crippen LogP contribution >= 0.6 is 11.3 Å². The van der Waals surface area contributed by atoms with Gasteiger partial charge < -0.3 is 15.4 Å². The topological polar surface area (TPSA) is 78.0 Å². The van der Waals surface area contributed by atoms with Crippen molar-refractivity contribution in [3.8, 4) is 0 Å². The van der Waals surface area contributed by atoms with Gasteiger partial charge in [0, 0.05) is 24.3 Å². The lowest BCUT2D eigenvalue weighted by atomic mass is 10.1. The molecule has 0 aromatic carbocycles.